The van der Waals surface area contributed by atoms with E-state index in [0.717, 1.165) is 96.6 Å². The molecule has 0 atom stereocenters. The summed E-state index contributed by atoms with van der Waals surface area (Å²) in [5.74, 6) is 6.57. The van der Waals surface area contributed by atoms with Gasteiger partial charge in [0.05, 0.1) is 67.1 Å². The molecule has 0 N–H and O–H groups in total. The Morgan fingerprint density at radius 2 is 0.877 bits per heavy atom. The minimum Gasteiger partial charge on any atom is -0.496 e. The van der Waals surface area contributed by atoms with E-state index in [1.165, 1.54) is 5.56 Å². The van der Waals surface area contributed by atoms with Crippen molar-refractivity contribution in [1.29, 1.82) is 0 Å². The molecule has 5 aromatic rings. The maximum absolute atomic E-state index is 5.98. The lowest BCUT2D eigenvalue weighted by Crippen LogP contribution is -2.24. The zero-order chi connectivity index (χ0) is 40.6. The van der Waals surface area contributed by atoms with Gasteiger partial charge >= 0.3 is 0 Å². The van der Waals surface area contributed by atoms with Gasteiger partial charge in [-0.25, -0.2) is 0 Å². The maximum Gasteiger partial charge on any atom is 0.132 e. The summed E-state index contributed by atoms with van der Waals surface area (Å²) in [4.78, 5) is 4.70. The van der Waals surface area contributed by atoms with E-state index in [0.29, 0.717) is 39.3 Å². The molecule has 6 rings (SSSR count). The fourth-order valence-corrected chi connectivity index (χ4v) is 9.05. The molecule has 0 unspecified atom stereocenters. The molecule has 57 heavy (non-hydrogen) atoms. The third-order valence-electron chi connectivity index (χ3n) is 9.98. The van der Waals surface area contributed by atoms with Crippen molar-refractivity contribution in [2.75, 3.05) is 61.3 Å². The van der Waals surface area contributed by atoms with Crippen LogP contribution in [0.3, 0.4) is 0 Å². The minimum atomic E-state index is 0.550. The summed E-state index contributed by atoms with van der Waals surface area (Å²) in [7, 11) is 11.9. The average molecular weight is 1110 g/mol. The SMILES string of the molecule is COc1cc(CN(Cc2ccc(N(Cc3cc(OC)c(I)cc3OC)Cc3cc(OC)c(I)cc3OC)cc2)Cc2cc3c(cc2OC)CCO3)c(OC)cc1I. The number of benzene rings is 5. The van der Waals surface area contributed by atoms with E-state index in [1.54, 1.807) is 49.8 Å². The molecule has 10 nitrogen and oxygen atoms in total. The monoisotopic (exact) mass is 1110 g/mol. The zero-order valence-electron chi connectivity index (χ0n) is 33.2. The number of hydrogen-bond acceptors (Lipinski definition) is 10. The van der Waals surface area contributed by atoms with Gasteiger partial charge < -0.3 is 42.8 Å². The average Bonchev–Trinajstić information content (AvgIpc) is 3.69. The molecule has 13 heteroatoms. The molecular formula is C44H47I3N2O8. The van der Waals surface area contributed by atoms with E-state index in [4.69, 9.17) is 37.9 Å². The Kier molecular flexibility index (Phi) is 15.1. The normalized spacial score (nSPS) is 11.8. The van der Waals surface area contributed by atoms with Crippen molar-refractivity contribution in [3.05, 3.63) is 117 Å². The summed E-state index contributed by atoms with van der Waals surface area (Å²) in [6, 6.07) is 25.2. The lowest BCUT2D eigenvalue weighted by Gasteiger charge is -2.28. The van der Waals surface area contributed by atoms with Crippen LogP contribution in [0.25, 0.3) is 0 Å². The van der Waals surface area contributed by atoms with Crippen molar-refractivity contribution in [1.82, 2.24) is 4.90 Å². The minimum absolute atomic E-state index is 0.550. The van der Waals surface area contributed by atoms with Crippen LogP contribution in [0, 0.1) is 10.7 Å². The first kappa shape index (κ1) is 43.0. The molecule has 0 radical (unpaired) electrons. The van der Waals surface area contributed by atoms with Crippen molar-refractivity contribution in [2.45, 2.75) is 39.1 Å². The van der Waals surface area contributed by atoms with Crippen molar-refractivity contribution in [3.8, 4) is 46.0 Å². The van der Waals surface area contributed by atoms with Crippen LogP contribution in [0.1, 0.15) is 33.4 Å². The molecule has 0 bridgehead atoms. The predicted octanol–water partition coefficient (Wildman–Crippen LogP) is 9.90. The van der Waals surface area contributed by atoms with E-state index in [1.807, 2.05) is 18.2 Å². The standard InChI is InChI=1S/C44H47I3N2O8/c1-50-37-14-28-12-13-57-41(28)15-29(37)23-48(24-30-16-42(54-5)34(45)19-38(30)51-2)22-27-8-10-33(11-9-27)49(25-31-17-43(55-6)35(46)20-39(31)52-3)26-32-18-44(56-7)36(47)21-40(32)53-4/h8-11,14-21H,12-13,22-26H2,1-7H3. The number of nitrogens with zero attached hydrogens (tertiary/aromatic N) is 2. The zero-order valence-corrected chi connectivity index (χ0v) is 39.6. The van der Waals surface area contributed by atoms with Crippen LogP contribution in [0.5, 0.6) is 46.0 Å². The molecule has 0 aromatic heterocycles. The maximum atomic E-state index is 5.98. The van der Waals surface area contributed by atoms with Gasteiger partial charge in [0.15, 0.2) is 0 Å². The largest absolute Gasteiger partial charge is 0.496 e. The van der Waals surface area contributed by atoms with Gasteiger partial charge in [-0.3, -0.25) is 4.90 Å². The van der Waals surface area contributed by atoms with E-state index < -0.39 is 0 Å². The molecule has 1 aliphatic rings. The number of fused-ring (bicyclic) bond motifs is 1. The highest BCUT2D eigenvalue weighted by atomic mass is 127. The Bertz CT molecular complexity index is 2110. The molecule has 5 aromatic carbocycles. The molecule has 0 spiro atoms. The number of anilines is 1. The second-order valence-electron chi connectivity index (χ2n) is 13.4. The van der Waals surface area contributed by atoms with Gasteiger partial charge in [0.25, 0.3) is 0 Å². The van der Waals surface area contributed by atoms with Gasteiger partial charge in [-0.15, -0.1) is 0 Å². The highest BCUT2D eigenvalue weighted by Crippen LogP contribution is 2.38. The van der Waals surface area contributed by atoms with Crippen LogP contribution in [-0.2, 0) is 39.1 Å². The summed E-state index contributed by atoms with van der Waals surface area (Å²) in [6.45, 7) is 3.66. The Morgan fingerprint density at radius 1 is 0.474 bits per heavy atom. The van der Waals surface area contributed by atoms with E-state index in [9.17, 15) is 0 Å². The van der Waals surface area contributed by atoms with Crippen molar-refractivity contribution < 1.29 is 37.9 Å². The van der Waals surface area contributed by atoms with Gasteiger partial charge in [0, 0.05) is 72.6 Å². The molecule has 0 aliphatic carbocycles. The fourth-order valence-electron chi connectivity index (χ4n) is 7.07. The lowest BCUT2D eigenvalue weighted by molar-refractivity contribution is 0.239. The van der Waals surface area contributed by atoms with Crippen LogP contribution in [0.2, 0.25) is 0 Å². The predicted molar refractivity (Wildman–Crippen MR) is 248 cm³/mol. The van der Waals surface area contributed by atoms with Crippen LogP contribution >= 0.6 is 67.8 Å². The highest BCUT2D eigenvalue weighted by molar-refractivity contribution is 14.1. The van der Waals surface area contributed by atoms with Gasteiger partial charge in [-0.05, 0) is 134 Å². The highest BCUT2D eigenvalue weighted by Gasteiger charge is 2.22. The van der Waals surface area contributed by atoms with Crippen LogP contribution in [0.4, 0.5) is 5.69 Å². The quantitative estimate of drug-likeness (QED) is 0.0792. The molecular weight excluding hydrogens is 1070 g/mol. The van der Waals surface area contributed by atoms with E-state index >= 15 is 0 Å². The van der Waals surface area contributed by atoms with Crippen LogP contribution < -0.4 is 42.8 Å². The number of ether oxygens (including phenoxy) is 8. The molecule has 1 aliphatic heterocycles. The summed E-state index contributed by atoms with van der Waals surface area (Å²) in [5, 5.41) is 0. The Labute approximate surface area is 376 Å². The number of rotatable bonds is 18. The second-order valence-corrected chi connectivity index (χ2v) is 16.9. The third-order valence-corrected chi connectivity index (χ3v) is 12.5. The van der Waals surface area contributed by atoms with Gasteiger partial charge in [-0.1, -0.05) is 12.1 Å². The van der Waals surface area contributed by atoms with Gasteiger partial charge in [-0.2, -0.15) is 0 Å². The molecule has 0 saturated heterocycles. The van der Waals surface area contributed by atoms with E-state index in [2.05, 4.69) is 132 Å². The Hall–Kier alpha value is -3.55. The summed E-state index contributed by atoms with van der Waals surface area (Å²) >= 11 is 6.83. The first-order chi connectivity index (χ1) is 27.6. The smallest absolute Gasteiger partial charge is 0.132 e. The first-order valence-electron chi connectivity index (χ1n) is 18.2. The Morgan fingerprint density at radius 3 is 1.32 bits per heavy atom. The second kappa shape index (κ2) is 19.9. The molecule has 0 saturated carbocycles. The summed E-state index contributed by atoms with van der Waals surface area (Å²) in [5.41, 5.74) is 7.43. The van der Waals surface area contributed by atoms with Crippen molar-refractivity contribution >= 4 is 73.5 Å². The summed E-state index contributed by atoms with van der Waals surface area (Å²) < 4.78 is 49.6. The molecule has 0 fully saturated rings. The van der Waals surface area contributed by atoms with Crippen molar-refractivity contribution in [2.24, 2.45) is 0 Å². The first-order valence-corrected chi connectivity index (χ1v) is 21.4. The van der Waals surface area contributed by atoms with Crippen LogP contribution in [-0.4, -0.2) is 61.3 Å². The topological polar surface area (TPSA) is 80.3 Å². The lowest BCUT2D eigenvalue weighted by atomic mass is 10.1. The molecule has 1 heterocycles. The van der Waals surface area contributed by atoms with Gasteiger partial charge in [0.1, 0.15) is 46.0 Å². The molecule has 0 amide bonds. The van der Waals surface area contributed by atoms with E-state index in [-0.39, 0.29) is 0 Å². The third kappa shape index (κ3) is 10.2. The Balaban J connectivity index is 1.36. The fraction of sp³-hybridized carbons (Fsp3) is 0.318. The number of methoxy groups -OCH3 is 7. The van der Waals surface area contributed by atoms with Crippen LogP contribution in [0.15, 0.2) is 72.8 Å². The molecule has 302 valence electrons. The van der Waals surface area contributed by atoms with Crippen molar-refractivity contribution in [3.63, 3.8) is 0 Å². The number of hydrogen-bond donors (Lipinski definition) is 0. The number of halogens is 3. The van der Waals surface area contributed by atoms with Gasteiger partial charge in [0.2, 0.25) is 0 Å². The summed E-state index contributed by atoms with van der Waals surface area (Å²) in [6.07, 6.45) is 0.881.